The molecule has 0 spiro atoms. The van der Waals surface area contributed by atoms with Crippen molar-refractivity contribution in [2.24, 2.45) is 0 Å². The van der Waals surface area contributed by atoms with Gasteiger partial charge in [-0.2, -0.15) is 0 Å². The zero-order valence-electron chi connectivity index (χ0n) is 16.8. The monoisotopic (exact) mass is 430 g/mol. The van der Waals surface area contributed by atoms with Crippen LogP contribution in [0.3, 0.4) is 0 Å². The Morgan fingerprint density at radius 2 is 1.90 bits per heavy atom. The van der Waals surface area contributed by atoms with E-state index >= 15 is 0 Å². The summed E-state index contributed by atoms with van der Waals surface area (Å²) in [5.74, 6) is 2.08. The van der Waals surface area contributed by atoms with Crippen LogP contribution in [0.4, 0.5) is 0 Å². The average Bonchev–Trinajstić information content (AvgIpc) is 3.07. The minimum Gasteiger partial charge on any atom is -0.489 e. The highest BCUT2D eigenvalue weighted by Gasteiger charge is 2.29. The molecule has 2 aliphatic heterocycles. The fraction of sp³-hybridized carbons (Fsp3) is 0.115. The van der Waals surface area contributed by atoms with E-state index < -0.39 is 0 Å². The Morgan fingerprint density at radius 1 is 1.03 bits per heavy atom. The van der Waals surface area contributed by atoms with Crippen LogP contribution in [0.5, 0.6) is 17.2 Å². The molecule has 1 unspecified atom stereocenters. The van der Waals surface area contributed by atoms with Gasteiger partial charge in [0.25, 0.3) is 0 Å². The van der Waals surface area contributed by atoms with Crippen LogP contribution < -0.4 is 14.2 Å². The van der Waals surface area contributed by atoms with Crippen molar-refractivity contribution in [2.75, 3.05) is 0 Å². The third-order valence-electron chi connectivity index (χ3n) is 5.25. The smallest absolute Gasteiger partial charge is 0.231 e. The highest BCUT2D eigenvalue weighted by Crippen LogP contribution is 2.36. The highest BCUT2D eigenvalue weighted by atomic mass is 35.5. The van der Waals surface area contributed by atoms with Crippen molar-refractivity contribution in [1.29, 1.82) is 0 Å². The largest absolute Gasteiger partial charge is 0.489 e. The molecule has 3 aromatic rings. The normalized spacial score (nSPS) is 18.0. The molecule has 0 saturated heterocycles. The van der Waals surface area contributed by atoms with Crippen LogP contribution in [-0.4, -0.2) is 11.9 Å². The number of rotatable bonds is 4. The molecule has 5 rings (SSSR count). The first-order valence-electron chi connectivity index (χ1n) is 10.00. The lowest BCUT2D eigenvalue weighted by Gasteiger charge is -2.22. The molecule has 0 saturated carbocycles. The molecule has 0 aromatic heterocycles. The number of allylic oxidation sites excluding steroid dienone is 1. The van der Waals surface area contributed by atoms with Crippen LogP contribution in [0, 0.1) is 0 Å². The lowest BCUT2D eigenvalue weighted by molar-refractivity contribution is 0.101. The van der Waals surface area contributed by atoms with E-state index in [1.165, 1.54) is 0 Å². The molecule has 3 aromatic carbocycles. The van der Waals surface area contributed by atoms with Gasteiger partial charge in [0, 0.05) is 16.7 Å². The molecule has 154 valence electrons. The number of carbonyl (C=O) groups is 1. The van der Waals surface area contributed by atoms with Crippen LogP contribution in [0.1, 0.15) is 28.4 Å². The number of hydrogen-bond acceptors (Lipinski definition) is 4. The first-order valence-corrected chi connectivity index (χ1v) is 10.4. The van der Waals surface area contributed by atoms with Crippen LogP contribution in [0.25, 0.3) is 6.08 Å². The lowest BCUT2D eigenvalue weighted by atomic mass is 10.0. The molecule has 0 bridgehead atoms. The van der Waals surface area contributed by atoms with Gasteiger partial charge in [-0.1, -0.05) is 41.9 Å². The van der Waals surface area contributed by atoms with Crippen molar-refractivity contribution >= 4 is 23.5 Å². The van der Waals surface area contributed by atoms with E-state index in [4.69, 9.17) is 25.8 Å². The fourth-order valence-corrected chi connectivity index (χ4v) is 3.84. The summed E-state index contributed by atoms with van der Waals surface area (Å²) >= 11 is 6.02. The Kier molecular flexibility index (Phi) is 5.00. The van der Waals surface area contributed by atoms with E-state index in [1.54, 1.807) is 24.3 Å². The summed E-state index contributed by atoms with van der Waals surface area (Å²) in [6.07, 6.45) is 3.60. The summed E-state index contributed by atoms with van der Waals surface area (Å²) < 4.78 is 17.7. The Bertz CT molecular complexity index is 1240. The molecule has 0 radical (unpaired) electrons. The van der Waals surface area contributed by atoms with E-state index in [1.807, 2.05) is 61.5 Å². The summed E-state index contributed by atoms with van der Waals surface area (Å²) in [6, 6.07) is 20.6. The van der Waals surface area contributed by atoms with Crippen molar-refractivity contribution in [2.45, 2.75) is 19.6 Å². The van der Waals surface area contributed by atoms with E-state index in [9.17, 15) is 4.79 Å². The number of benzene rings is 3. The number of fused-ring (bicyclic) bond motifs is 2. The summed E-state index contributed by atoms with van der Waals surface area (Å²) in [6.45, 7) is 2.32. The first-order chi connectivity index (χ1) is 15.1. The molecule has 0 aliphatic carbocycles. The maximum absolute atomic E-state index is 12.8. The number of para-hydroxylation sites is 1. The van der Waals surface area contributed by atoms with E-state index in [-0.39, 0.29) is 17.6 Å². The van der Waals surface area contributed by atoms with Crippen LogP contribution >= 0.6 is 11.6 Å². The third-order valence-corrected chi connectivity index (χ3v) is 5.48. The molecule has 31 heavy (non-hydrogen) atoms. The van der Waals surface area contributed by atoms with Gasteiger partial charge in [-0.05, 0) is 60.5 Å². The molecule has 1 atom stereocenters. The predicted octanol–water partition coefficient (Wildman–Crippen LogP) is 6.24. The van der Waals surface area contributed by atoms with Crippen LogP contribution in [0.15, 0.2) is 84.1 Å². The van der Waals surface area contributed by atoms with Gasteiger partial charge in [-0.3, -0.25) is 4.79 Å². The number of halogens is 1. The standard InChI is InChI=1S/C26H19ClO4/c1-16-19(12-18-6-2-3-8-23(18)30-16)13-25-26(28)22-10-9-21(14-24(22)31-25)29-15-17-5-4-7-20(27)11-17/h2-14,16H,15H2,1H3/b25-13-. The number of ether oxygens (including phenoxy) is 3. The van der Waals surface area contributed by atoms with Gasteiger partial charge in [0.2, 0.25) is 5.78 Å². The Labute approximate surface area is 185 Å². The molecular formula is C26H19ClO4. The molecule has 2 aliphatic rings. The molecule has 2 heterocycles. The molecule has 5 heteroatoms. The number of hydrogen-bond donors (Lipinski definition) is 0. The lowest BCUT2D eigenvalue weighted by Crippen LogP contribution is -2.18. The number of Topliss-reactive ketones (excluding diaryl/α,β-unsaturated/α-hetero) is 1. The van der Waals surface area contributed by atoms with Gasteiger partial charge in [0.1, 0.15) is 30.0 Å². The number of carbonyl (C=O) groups excluding carboxylic acids is 1. The SMILES string of the molecule is CC1Oc2ccccc2C=C1/C=C1\Oc2cc(OCc3cccc(Cl)c3)ccc2C1=O. The van der Waals surface area contributed by atoms with Crippen molar-refractivity contribution in [3.05, 3.63) is 106 Å². The van der Waals surface area contributed by atoms with Crippen molar-refractivity contribution < 1.29 is 19.0 Å². The third kappa shape index (κ3) is 3.94. The number of ketones is 1. The van der Waals surface area contributed by atoms with E-state index in [2.05, 4.69) is 0 Å². The zero-order chi connectivity index (χ0) is 21.4. The molecule has 0 N–H and O–H groups in total. The Balaban J connectivity index is 1.36. The van der Waals surface area contributed by atoms with Crippen molar-refractivity contribution in [3.63, 3.8) is 0 Å². The molecule has 0 fully saturated rings. The highest BCUT2D eigenvalue weighted by molar-refractivity contribution is 6.30. The topological polar surface area (TPSA) is 44.8 Å². The van der Waals surface area contributed by atoms with Gasteiger partial charge in [0.15, 0.2) is 5.76 Å². The summed E-state index contributed by atoms with van der Waals surface area (Å²) in [5.41, 5.74) is 3.34. The minimum atomic E-state index is -0.181. The van der Waals surface area contributed by atoms with Gasteiger partial charge in [-0.15, -0.1) is 0 Å². The maximum Gasteiger partial charge on any atom is 0.231 e. The summed E-state index contributed by atoms with van der Waals surface area (Å²) in [5, 5.41) is 0.664. The molecule has 0 amide bonds. The second-order valence-electron chi connectivity index (χ2n) is 7.46. The average molecular weight is 431 g/mol. The fourth-order valence-electron chi connectivity index (χ4n) is 3.62. The van der Waals surface area contributed by atoms with Crippen molar-refractivity contribution in [1.82, 2.24) is 0 Å². The maximum atomic E-state index is 12.8. The Morgan fingerprint density at radius 3 is 2.77 bits per heavy atom. The summed E-state index contributed by atoms with van der Waals surface area (Å²) in [7, 11) is 0. The van der Waals surface area contributed by atoms with Gasteiger partial charge >= 0.3 is 0 Å². The van der Waals surface area contributed by atoms with Gasteiger partial charge < -0.3 is 14.2 Å². The summed E-state index contributed by atoms with van der Waals surface area (Å²) in [4.78, 5) is 12.8. The predicted molar refractivity (Wildman–Crippen MR) is 120 cm³/mol. The van der Waals surface area contributed by atoms with Crippen LogP contribution in [-0.2, 0) is 6.61 Å². The second kappa shape index (κ2) is 7.97. The quantitative estimate of drug-likeness (QED) is 0.459. The minimum absolute atomic E-state index is 0.150. The van der Waals surface area contributed by atoms with Gasteiger partial charge in [-0.25, -0.2) is 0 Å². The van der Waals surface area contributed by atoms with Crippen LogP contribution in [0.2, 0.25) is 5.02 Å². The first kappa shape index (κ1) is 19.5. The van der Waals surface area contributed by atoms with E-state index in [0.29, 0.717) is 28.7 Å². The second-order valence-corrected chi connectivity index (χ2v) is 7.90. The van der Waals surface area contributed by atoms with E-state index in [0.717, 1.165) is 22.4 Å². The van der Waals surface area contributed by atoms with Gasteiger partial charge in [0.05, 0.1) is 5.56 Å². The van der Waals surface area contributed by atoms with Crippen molar-refractivity contribution in [3.8, 4) is 17.2 Å². The zero-order valence-corrected chi connectivity index (χ0v) is 17.6. The Hall–Kier alpha value is -3.50. The molecular weight excluding hydrogens is 412 g/mol. The molecule has 4 nitrogen and oxygen atoms in total.